The lowest BCUT2D eigenvalue weighted by Crippen LogP contribution is -2.51. The van der Waals surface area contributed by atoms with Crippen LogP contribution in [-0.2, 0) is 4.79 Å². The Morgan fingerprint density at radius 3 is 2.29 bits per heavy atom. The van der Waals surface area contributed by atoms with E-state index in [1.54, 1.807) is 17.0 Å². The fraction of sp³-hybridized carbons (Fsp3) is 0.304. The third kappa shape index (κ3) is 3.93. The molecule has 0 N–H and O–H groups in total. The summed E-state index contributed by atoms with van der Waals surface area (Å²) >= 11 is 0. The minimum atomic E-state index is -0.267. The highest BCUT2D eigenvalue weighted by Crippen LogP contribution is 2.48. The van der Waals surface area contributed by atoms with Gasteiger partial charge in [0.2, 0.25) is 5.91 Å². The van der Waals surface area contributed by atoms with Gasteiger partial charge < -0.3 is 9.80 Å². The first-order valence-corrected chi connectivity index (χ1v) is 10.4. The van der Waals surface area contributed by atoms with Crippen LogP contribution in [0.1, 0.15) is 28.4 Å². The second kappa shape index (κ2) is 7.94. The molecule has 0 unspecified atom stereocenters. The Balaban J connectivity index is 1.16. The number of carbonyl (C=O) groups excluding carboxylic acids is 2. The average molecular weight is 419 g/mol. The molecule has 31 heavy (non-hydrogen) atoms. The molecule has 5 rings (SSSR count). The second-order valence-electron chi connectivity index (χ2n) is 7.97. The van der Waals surface area contributed by atoms with Crippen LogP contribution in [0.5, 0.6) is 0 Å². The maximum Gasteiger partial charge on any atom is 0.276 e. The van der Waals surface area contributed by atoms with Gasteiger partial charge in [-0.05, 0) is 42.2 Å². The highest BCUT2D eigenvalue weighted by Gasteiger charge is 2.46. The fourth-order valence-corrected chi connectivity index (χ4v) is 4.12. The van der Waals surface area contributed by atoms with Gasteiger partial charge in [0.25, 0.3) is 5.91 Å². The van der Waals surface area contributed by atoms with E-state index in [1.807, 2.05) is 35.2 Å². The van der Waals surface area contributed by atoms with Crippen LogP contribution in [0.3, 0.4) is 0 Å². The zero-order chi connectivity index (χ0) is 21.4. The van der Waals surface area contributed by atoms with Crippen molar-refractivity contribution in [1.29, 1.82) is 0 Å². The molecule has 1 saturated carbocycles. The van der Waals surface area contributed by atoms with Gasteiger partial charge in [-0.1, -0.05) is 30.3 Å². The van der Waals surface area contributed by atoms with Crippen LogP contribution in [-0.4, -0.2) is 62.8 Å². The normalized spacial score (nSPS) is 20.5. The maximum absolute atomic E-state index is 13.1. The number of carbonyl (C=O) groups is 2. The third-order valence-corrected chi connectivity index (χ3v) is 5.98. The van der Waals surface area contributed by atoms with Gasteiger partial charge in [-0.3, -0.25) is 9.59 Å². The molecule has 2 aliphatic rings. The van der Waals surface area contributed by atoms with Crippen molar-refractivity contribution in [2.75, 3.05) is 26.2 Å². The number of amides is 2. The standard InChI is InChI=1S/C23H22FN5O2/c24-17-8-6-16(7-9-17)19-14-20(19)22(30)27-10-12-28(13-11-27)23(31)21-15-25-29(26-21)18-4-2-1-3-5-18/h1-9,15,19-20H,10-14H2/t19-,20-/m1/s1. The molecule has 2 heterocycles. The number of halogens is 1. The van der Waals surface area contributed by atoms with Crippen LogP contribution in [0.15, 0.2) is 60.8 Å². The lowest BCUT2D eigenvalue weighted by molar-refractivity contribution is -0.134. The van der Waals surface area contributed by atoms with E-state index in [4.69, 9.17) is 0 Å². The largest absolute Gasteiger partial charge is 0.339 e. The van der Waals surface area contributed by atoms with Gasteiger partial charge >= 0.3 is 0 Å². The molecule has 1 aliphatic heterocycles. The number of para-hydroxylation sites is 1. The van der Waals surface area contributed by atoms with E-state index < -0.39 is 0 Å². The van der Waals surface area contributed by atoms with Crippen LogP contribution >= 0.6 is 0 Å². The van der Waals surface area contributed by atoms with Crippen molar-refractivity contribution < 1.29 is 14.0 Å². The van der Waals surface area contributed by atoms with Crippen molar-refractivity contribution in [2.45, 2.75) is 12.3 Å². The van der Waals surface area contributed by atoms with Gasteiger partial charge in [-0.15, -0.1) is 5.10 Å². The lowest BCUT2D eigenvalue weighted by Gasteiger charge is -2.34. The zero-order valence-electron chi connectivity index (χ0n) is 16.9. The minimum absolute atomic E-state index is 0.0431. The van der Waals surface area contributed by atoms with E-state index in [0.717, 1.165) is 17.7 Å². The number of hydrogen-bond acceptors (Lipinski definition) is 4. The van der Waals surface area contributed by atoms with Crippen LogP contribution < -0.4 is 0 Å². The Bertz CT molecular complexity index is 1090. The summed E-state index contributed by atoms with van der Waals surface area (Å²) in [6, 6.07) is 15.8. The third-order valence-electron chi connectivity index (χ3n) is 5.98. The second-order valence-corrected chi connectivity index (χ2v) is 7.97. The molecule has 2 amide bonds. The monoisotopic (exact) mass is 419 g/mol. The highest BCUT2D eigenvalue weighted by molar-refractivity contribution is 5.92. The smallest absolute Gasteiger partial charge is 0.276 e. The molecule has 1 saturated heterocycles. The predicted octanol–water partition coefficient (Wildman–Crippen LogP) is 2.49. The highest BCUT2D eigenvalue weighted by atomic mass is 19.1. The molecule has 0 radical (unpaired) electrons. The summed E-state index contributed by atoms with van der Waals surface area (Å²) in [5.41, 5.74) is 2.09. The topological polar surface area (TPSA) is 71.3 Å². The zero-order valence-corrected chi connectivity index (χ0v) is 16.9. The molecule has 7 nitrogen and oxygen atoms in total. The Labute approximate surface area is 179 Å². The number of hydrogen-bond donors (Lipinski definition) is 0. The molecular formula is C23H22FN5O2. The van der Waals surface area contributed by atoms with Crippen molar-refractivity contribution in [3.05, 3.63) is 77.9 Å². The van der Waals surface area contributed by atoms with Crippen LogP contribution in [0.25, 0.3) is 5.69 Å². The van der Waals surface area contributed by atoms with Crippen LogP contribution in [0.2, 0.25) is 0 Å². The molecule has 158 valence electrons. The predicted molar refractivity (Wildman–Crippen MR) is 111 cm³/mol. The molecule has 0 bridgehead atoms. The van der Waals surface area contributed by atoms with E-state index in [-0.39, 0.29) is 29.5 Å². The molecule has 3 aromatic rings. The van der Waals surface area contributed by atoms with Gasteiger partial charge in [0.05, 0.1) is 11.9 Å². The van der Waals surface area contributed by atoms with Gasteiger partial charge in [0, 0.05) is 32.1 Å². The summed E-state index contributed by atoms with van der Waals surface area (Å²) in [7, 11) is 0. The molecule has 0 spiro atoms. The van der Waals surface area contributed by atoms with Crippen molar-refractivity contribution in [3.8, 4) is 5.69 Å². The van der Waals surface area contributed by atoms with E-state index in [0.29, 0.717) is 31.9 Å². The van der Waals surface area contributed by atoms with Crippen LogP contribution in [0.4, 0.5) is 4.39 Å². The number of aromatic nitrogens is 3. The first kappa shape index (κ1) is 19.4. The number of benzene rings is 2. The van der Waals surface area contributed by atoms with Crippen molar-refractivity contribution >= 4 is 11.8 Å². The summed E-state index contributed by atoms with van der Waals surface area (Å²) in [6.45, 7) is 1.95. The number of nitrogens with zero attached hydrogens (tertiary/aromatic N) is 5. The minimum Gasteiger partial charge on any atom is -0.339 e. The van der Waals surface area contributed by atoms with E-state index >= 15 is 0 Å². The fourth-order valence-electron chi connectivity index (χ4n) is 4.12. The van der Waals surface area contributed by atoms with E-state index in [9.17, 15) is 14.0 Å². The van der Waals surface area contributed by atoms with Crippen LogP contribution in [0, 0.1) is 11.7 Å². The Morgan fingerprint density at radius 2 is 1.58 bits per heavy atom. The Kier molecular flexibility index (Phi) is 4.97. The molecule has 2 fully saturated rings. The van der Waals surface area contributed by atoms with Crippen molar-refractivity contribution in [3.63, 3.8) is 0 Å². The first-order valence-electron chi connectivity index (χ1n) is 10.4. The average Bonchev–Trinajstić information content (AvgIpc) is 3.46. The summed E-state index contributed by atoms with van der Waals surface area (Å²) in [6.07, 6.45) is 2.27. The number of piperazine rings is 1. The lowest BCUT2D eigenvalue weighted by atomic mass is 10.1. The summed E-state index contributed by atoms with van der Waals surface area (Å²) in [4.78, 5) is 30.6. The molecule has 1 aromatic heterocycles. The molecule has 8 heteroatoms. The van der Waals surface area contributed by atoms with Gasteiger partial charge in [-0.2, -0.15) is 9.90 Å². The molecular weight excluding hydrogens is 397 g/mol. The Hall–Kier alpha value is -3.55. The van der Waals surface area contributed by atoms with E-state index in [1.165, 1.54) is 23.1 Å². The van der Waals surface area contributed by atoms with Gasteiger partial charge in [-0.25, -0.2) is 4.39 Å². The summed E-state index contributed by atoms with van der Waals surface area (Å²) in [5.74, 6) is -0.197. The summed E-state index contributed by atoms with van der Waals surface area (Å²) < 4.78 is 13.1. The molecule has 2 aromatic carbocycles. The van der Waals surface area contributed by atoms with E-state index in [2.05, 4.69) is 10.2 Å². The Morgan fingerprint density at radius 1 is 0.903 bits per heavy atom. The molecule has 1 aliphatic carbocycles. The van der Waals surface area contributed by atoms with Gasteiger partial charge in [0.15, 0.2) is 5.69 Å². The SMILES string of the molecule is O=C(c1cnn(-c2ccccc2)n1)N1CCN(C(=O)[C@@H]2C[C@@H]2c2ccc(F)cc2)CC1. The first-order chi connectivity index (χ1) is 15.1. The molecule has 2 atom stereocenters. The van der Waals surface area contributed by atoms with Crippen molar-refractivity contribution in [2.24, 2.45) is 5.92 Å². The van der Waals surface area contributed by atoms with Gasteiger partial charge in [0.1, 0.15) is 5.82 Å². The summed E-state index contributed by atoms with van der Waals surface area (Å²) in [5, 5.41) is 8.49. The quantitative estimate of drug-likeness (QED) is 0.652. The maximum atomic E-state index is 13.1. The van der Waals surface area contributed by atoms with Crippen molar-refractivity contribution in [1.82, 2.24) is 24.8 Å². The number of rotatable bonds is 4.